The van der Waals surface area contributed by atoms with Crippen LogP contribution in [0.3, 0.4) is 0 Å². The van der Waals surface area contributed by atoms with Crippen molar-refractivity contribution in [1.82, 2.24) is 0 Å². The predicted octanol–water partition coefficient (Wildman–Crippen LogP) is 4.16. The molecule has 1 aliphatic carbocycles. The van der Waals surface area contributed by atoms with Crippen LogP contribution in [-0.2, 0) is 5.60 Å². The molecule has 0 spiro atoms. The Morgan fingerprint density at radius 3 is 2.37 bits per heavy atom. The van der Waals surface area contributed by atoms with Gasteiger partial charge in [0.1, 0.15) is 0 Å². The van der Waals surface area contributed by atoms with Gasteiger partial charge in [-0.1, -0.05) is 35.0 Å². The third-order valence-corrected chi connectivity index (χ3v) is 3.33. The summed E-state index contributed by atoms with van der Waals surface area (Å²) in [6.45, 7) is 0. The molecule has 0 amide bonds. The Morgan fingerprint density at radius 1 is 1.21 bits per heavy atom. The molecule has 1 aromatic carbocycles. The highest BCUT2D eigenvalue weighted by atomic mass is 35.5. The van der Waals surface area contributed by atoms with E-state index in [2.05, 4.69) is 5.92 Å². The highest BCUT2D eigenvalue weighted by molar-refractivity contribution is 6.33. The maximum atomic E-state index is 13.1. The van der Waals surface area contributed by atoms with Gasteiger partial charge < -0.3 is 5.11 Å². The minimum Gasteiger partial charge on any atom is -0.366 e. The largest absolute Gasteiger partial charge is 0.433 e. The Kier molecular flexibility index (Phi) is 3.74. The van der Waals surface area contributed by atoms with Gasteiger partial charge in [-0.3, -0.25) is 0 Å². The normalized spacial score (nSPS) is 18.4. The second-order valence-corrected chi connectivity index (χ2v) is 5.22. The first-order chi connectivity index (χ1) is 8.74. The van der Waals surface area contributed by atoms with Crippen LogP contribution in [0.25, 0.3) is 0 Å². The topological polar surface area (TPSA) is 20.2 Å². The lowest BCUT2D eigenvalue weighted by Crippen LogP contribution is -2.41. The van der Waals surface area contributed by atoms with Crippen molar-refractivity contribution >= 4 is 23.2 Å². The van der Waals surface area contributed by atoms with Crippen molar-refractivity contribution in [1.29, 1.82) is 0 Å². The molecule has 1 fully saturated rings. The average molecular weight is 309 g/mol. The molecule has 1 aliphatic rings. The number of rotatable bonds is 1. The predicted molar refractivity (Wildman–Crippen MR) is 66.9 cm³/mol. The van der Waals surface area contributed by atoms with Gasteiger partial charge in [0, 0.05) is 21.5 Å². The summed E-state index contributed by atoms with van der Waals surface area (Å²) in [5.74, 6) is 4.27. The van der Waals surface area contributed by atoms with Crippen LogP contribution in [-0.4, -0.2) is 11.3 Å². The molecule has 0 aromatic heterocycles. The number of hydrogen-bond donors (Lipinski definition) is 1. The molecule has 0 unspecified atom stereocenters. The lowest BCUT2D eigenvalue weighted by Gasteiger charge is -2.26. The van der Waals surface area contributed by atoms with Gasteiger partial charge in [0.2, 0.25) is 5.60 Å². The summed E-state index contributed by atoms with van der Waals surface area (Å²) >= 11 is 11.4. The first kappa shape index (κ1) is 14.5. The second-order valence-electron chi connectivity index (χ2n) is 4.38. The molecule has 0 bridgehead atoms. The van der Waals surface area contributed by atoms with Crippen molar-refractivity contribution in [3.05, 3.63) is 33.8 Å². The van der Waals surface area contributed by atoms with Gasteiger partial charge >= 0.3 is 6.18 Å². The molecule has 19 heavy (non-hydrogen) atoms. The maximum absolute atomic E-state index is 13.1. The van der Waals surface area contributed by atoms with E-state index in [0.717, 1.165) is 18.9 Å². The van der Waals surface area contributed by atoms with Crippen LogP contribution in [0, 0.1) is 17.8 Å². The zero-order valence-corrected chi connectivity index (χ0v) is 11.1. The molecule has 1 nitrogen and oxygen atoms in total. The van der Waals surface area contributed by atoms with E-state index in [1.165, 1.54) is 12.1 Å². The van der Waals surface area contributed by atoms with Crippen LogP contribution in [0.2, 0.25) is 10.0 Å². The summed E-state index contributed by atoms with van der Waals surface area (Å²) in [6, 6.07) is 3.53. The standard InChI is InChI=1S/C13H9Cl2F3O/c14-9-3-4-11(15)10(7-9)12(19,13(16,17)18)6-5-8-1-2-8/h3-4,7-8,19H,1-2H2/t12-/m0/s1. The molecule has 0 saturated heterocycles. The smallest absolute Gasteiger partial charge is 0.366 e. The van der Waals surface area contributed by atoms with E-state index in [9.17, 15) is 18.3 Å². The Balaban J connectivity index is 2.54. The third-order valence-electron chi connectivity index (χ3n) is 2.76. The van der Waals surface area contributed by atoms with Crippen molar-refractivity contribution in [2.75, 3.05) is 0 Å². The summed E-state index contributed by atoms with van der Waals surface area (Å²) in [4.78, 5) is 0. The average Bonchev–Trinajstić information content (AvgIpc) is 3.11. The number of hydrogen-bond acceptors (Lipinski definition) is 1. The Hall–Kier alpha value is -0.890. The van der Waals surface area contributed by atoms with Gasteiger partial charge in [-0.25, -0.2) is 0 Å². The Bertz CT molecular complexity index is 555. The maximum Gasteiger partial charge on any atom is 0.433 e. The molecule has 102 valence electrons. The van der Waals surface area contributed by atoms with Crippen LogP contribution in [0.4, 0.5) is 13.2 Å². The summed E-state index contributed by atoms with van der Waals surface area (Å²) < 4.78 is 39.4. The molecule has 1 aromatic rings. The summed E-state index contributed by atoms with van der Waals surface area (Å²) in [6.07, 6.45) is -3.45. The molecule has 1 saturated carbocycles. The summed E-state index contributed by atoms with van der Waals surface area (Å²) in [7, 11) is 0. The Labute approximate surface area is 118 Å². The lowest BCUT2D eigenvalue weighted by molar-refractivity contribution is -0.240. The van der Waals surface area contributed by atoms with Gasteiger partial charge in [-0.15, -0.1) is 0 Å². The van der Waals surface area contributed by atoms with Crippen molar-refractivity contribution in [3.8, 4) is 11.8 Å². The molecule has 0 aliphatic heterocycles. The van der Waals surface area contributed by atoms with Gasteiger partial charge in [0.15, 0.2) is 0 Å². The summed E-state index contributed by atoms with van der Waals surface area (Å²) in [5, 5.41) is 9.78. The van der Waals surface area contributed by atoms with Gasteiger partial charge in [0.05, 0.1) is 0 Å². The van der Waals surface area contributed by atoms with E-state index >= 15 is 0 Å². The van der Waals surface area contributed by atoms with Gasteiger partial charge in [-0.05, 0) is 31.0 Å². The highest BCUT2D eigenvalue weighted by Crippen LogP contribution is 2.42. The third kappa shape index (κ3) is 3.00. The molecule has 0 radical (unpaired) electrons. The minimum atomic E-state index is -4.96. The van der Waals surface area contributed by atoms with E-state index in [1.807, 2.05) is 5.92 Å². The fourth-order valence-electron chi connectivity index (χ4n) is 1.50. The molecule has 2 rings (SSSR count). The van der Waals surface area contributed by atoms with Crippen molar-refractivity contribution in [2.45, 2.75) is 24.6 Å². The lowest BCUT2D eigenvalue weighted by atomic mass is 9.93. The van der Waals surface area contributed by atoms with Crippen LogP contribution in [0.5, 0.6) is 0 Å². The SMILES string of the molecule is O[C@@](C#CC1CC1)(c1cc(Cl)ccc1Cl)C(F)(F)F. The minimum absolute atomic E-state index is 0.0512. The van der Waals surface area contributed by atoms with E-state index in [0.29, 0.717) is 0 Å². The monoisotopic (exact) mass is 308 g/mol. The van der Waals surface area contributed by atoms with Crippen LogP contribution in [0.15, 0.2) is 18.2 Å². The molecular weight excluding hydrogens is 300 g/mol. The van der Waals surface area contributed by atoms with Crippen molar-refractivity contribution in [3.63, 3.8) is 0 Å². The fraction of sp³-hybridized carbons (Fsp3) is 0.385. The fourth-order valence-corrected chi connectivity index (χ4v) is 1.93. The number of halogens is 5. The molecule has 1 atom stereocenters. The van der Waals surface area contributed by atoms with Crippen molar-refractivity contribution in [2.24, 2.45) is 5.92 Å². The second kappa shape index (κ2) is 4.90. The van der Waals surface area contributed by atoms with Gasteiger partial charge in [-0.2, -0.15) is 13.2 Å². The first-order valence-corrected chi connectivity index (χ1v) is 6.27. The van der Waals surface area contributed by atoms with Crippen LogP contribution in [0.1, 0.15) is 18.4 Å². The molecule has 1 N–H and O–H groups in total. The van der Waals surface area contributed by atoms with Crippen molar-refractivity contribution < 1.29 is 18.3 Å². The van der Waals surface area contributed by atoms with Gasteiger partial charge in [0.25, 0.3) is 0 Å². The quantitative estimate of drug-likeness (QED) is 0.773. The van der Waals surface area contributed by atoms with E-state index in [4.69, 9.17) is 23.2 Å². The van der Waals surface area contributed by atoms with E-state index < -0.39 is 17.3 Å². The molecule has 6 heteroatoms. The highest BCUT2D eigenvalue weighted by Gasteiger charge is 2.55. The molecular formula is C13H9Cl2F3O. The number of aliphatic hydroxyl groups is 1. The number of alkyl halides is 3. The van der Waals surface area contributed by atoms with Crippen LogP contribution < -0.4 is 0 Å². The Morgan fingerprint density at radius 2 is 1.84 bits per heavy atom. The first-order valence-electron chi connectivity index (χ1n) is 5.51. The van der Waals surface area contributed by atoms with E-state index in [-0.39, 0.29) is 16.0 Å². The summed E-state index contributed by atoms with van der Waals surface area (Å²) in [5.41, 5.74) is -3.83. The van der Waals surface area contributed by atoms with E-state index in [1.54, 1.807) is 0 Å². The molecule has 0 heterocycles. The zero-order valence-electron chi connectivity index (χ0n) is 9.56. The number of benzene rings is 1. The zero-order chi connectivity index (χ0) is 14.3. The van der Waals surface area contributed by atoms with Crippen LogP contribution >= 0.6 is 23.2 Å².